The molecule has 0 atom stereocenters. The molecule has 0 aliphatic heterocycles. The van der Waals surface area contributed by atoms with Crippen LogP contribution in [0, 0.1) is 0 Å². The minimum Gasteiger partial charge on any atom is -0.508 e. The third-order valence-corrected chi connectivity index (χ3v) is 6.28. The average Bonchev–Trinajstić information content (AvgIpc) is 3.00. The topological polar surface area (TPSA) is 124 Å². The summed E-state index contributed by atoms with van der Waals surface area (Å²) < 4.78 is 11.0. The molecule has 3 aromatic carbocycles. The van der Waals surface area contributed by atoms with Crippen LogP contribution in [0.5, 0.6) is 5.75 Å². The maximum atomic E-state index is 9.65. The predicted octanol–water partition coefficient (Wildman–Crippen LogP) is 5.42. The highest BCUT2D eigenvalue weighted by atomic mass is 35.5. The fraction of sp³-hybridized carbons (Fsp3) is 0.273. The molecular weight excluding hydrogens is 578 g/mol. The van der Waals surface area contributed by atoms with Gasteiger partial charge in [-0.1, -0.05) is 49.0 Å². The third kappa shape index (κ3) is 13.3. The normalized spacial score (nSPS) is 11.6. The highest BCUT2D eigenvalue weighted by molar-refractivity contribution is 6.30. The molecule has 3 aromatic rings. The number of nitrogens with zero attached hydrogens (tertiary/aromatic N) is 2. The number of phenols is 1. The van der Waals surface area contributed by atoms with Gasteiger partial charge in [0, 0.05) is 35.2 Å². The number of ether oxygens (including phenoxy) is 2. The number of phenolic OH excluding ortho intramolecular Hbond substituents is 1. The number of nitrogens with one attached hydrogen (secondary N) is 5. The first kappa shape index (κ1) is 34.1. The van der Waals surface area contributed by atoms with Crippen LogP contribution < -0.4 is 26.6 Å². The molecule has 0 spiro atoms. The largest absolute Gasteiger partial charge is 0.508 e. The molecule has 44 heavy (non-hydrogen) atoms. The van der Waals surface area contributed by atoms with E-state index in [0.29, 0.717) is 62.2 Å². The smallest absolute Gasteiger partial charge is 0.207 e. The number of aliphatic imine (C=N–C) groups is 2. The monoisotopic (exact) mass is 619 g/mol. The summed E-state index contributed by atoms with van der Waals surface area (Å²) in [4.78, 5) is 9.08. The van der Waals surface area contributed by atoms with Crippen LogP contribution in [-0.2, 0) is 16.0 Å². The average molecular weight is 620 g/mol. The van der Waals surface area contributed by atoms with E-state index in [1.54, 1.807) is 24.3 Å². The summed E-state index contributed by atoms with van der Waals surface area (Å²) in [6.07, 6.45) is 0. The van der Waals surface area contributed by atoms with Gasteiger partial charge in [-0.15, -0.1) is 0 Å². The van der Waals surface area contributed by atoms with Gasteiger partial charge < -0.3 is 41.2 Å². The zero-order valence-corrected chi connectivity index (χ0v) is 26.1. The van der Waals surface area contributed by atoms with Crippen LogP contribution in [0.15, 0.2) is 102 Å². The Morgan fingerprint density at radius 2 is 1.57 bits per heavy atom. The van der Waals surface area contributed by atoms with Gasteiger partial charge >= 0.3 is 0 Å². The van der Waals surface area contributed by atoms with Crippen molar-refractivity contribution in [2.75, 3.05) is 57.2 Å². The number of hydrogen-bond donors (Lipinski definition) is 6. The molecule has 0 saturated carbocycles. The highest BCUT2D eigenvalue weighted by Gasteiger charge is 2.06. The molecule has 0 radical (unpaired) electrons. The summed E-state index contributed by atoms with van der Waals surface area (Å²) in [6.45, 7) is 14.1. The van der Waals surface area contributed by atoms with Gasteiger partial charge in [0.25, 0.3) is 0 Å². The minimum absolute atomic E-state index is 0.170. The Hall–Kier alpha value is -4.35. The first-order valence-electron chi connectivity index (χ1n) is 14.3. The number of amidine groups is 1. The van der Waals surface area contributed by atoms with Crippen LogP contribution in [0.2, 0.25) is 5.02 Å². The van der Waals surface area contributed by atoms with Gasteiger partial charge in [-0.05, 0) is 73.6 Å². The first-order valence-corrected chi connectivity index (χ1v) is 14.7. The molecule has 6 N–H and O–H groups in total. The summed E-state index contributed by atoms with van der Waals surface area (Å²) in [6, 6.07) is 22.2. The Balaban J connectivity index is 1.54. The van der Waals surface area contributed by atoms with Gasteiger partial charge in [0.05, 0.1) is 33.0 Å². The van der Waals surface area contributed by atoms with Crippen molar-refractivity contribution in [3.8, 4) is 5.75 Å². The first-order chi connectivity index (χ1) is 21.3. The van der Waals surface area contributed by atoms with E-state index in [1.807, 2.05) is 62.5 Å². The van der Waals surface area contributed by atoms with Crippen molar-refractivity contribution in [3.63, 3.8) is 0 Å². The molecule has 0 fully saturated rings. The number of likely N-dealkylation sites (N-methyl/N-ethyl adjacent to an activating group) is 1. The lowest BCUT2D eigenvalue weighted by atomic mass is 10.1. The number of halogens is 1. The summed E-state index contributed by atoms with van der Waals surface area (Å²) >= 11 is 6.08. The summed E-state index contributed by atoms with van der Waals surface area (Å²) in [5, 5.41) is 26.3. The predicted molar refractivity (Wildman–Crippen MR) is 182 cm³/mol. The highest BCUT2D eigenvalue weighted by Crippen LogP contribution is 2.17. The molecule has 11 heteroatoms. The van der Waals surface area contributed by atoms with E-state index in [9.17, 15) is 5.11 Å². The van der Waals surface area contributed by atoms with E-state index < -0.39 is 0 Å². The maximum absolute atomic E-state index is 9.65. The van der Waals surface area contributed by atoms with Crippen molar-refractivity contribution in [1.29, 1.82) is 0 Å². The van der Waals surface area contributed by atoms with Crippen LogP contribution in [-0.4, -0.2) is 63.5 Å². The second kappa shape index (κ2) is 19.0. The van der Waals surface area contributed by atoms with Crippen LogP contribution in [0.3, 0.4) is 0 Å². The molecule has 3 rings (SSSR count). The molecule has 0 bridgehead atoms. The van der Waals surface area contributed by atoms with E-state index in [4.69, 9.17) is 21.1 Å². The summed E-state index contributed by atoms with van der Waals surface area (Å²) in [5.74, 6) is 1.62. The van der Waals surface area contributed by atoms with Crippen molar-refractivity contribution in [1.82, 2.24) is 16.0 Å². The maximum Gasteiger partial charge on any atom is 0.207 e. The Kier molecular flexibility index (Phi) is 14.8. The van der Waals surface area contributed by atoms with E-state index in [2.05, 4.69) is 49.7 Å². The molecule has 0 aliphatic rings. The quantitative estimate of drug-likeness (QED) is 0.0513. The molecule has 0 saturated heterocycles. The number of rotatable bonds is 17. The van der Waals surface area contributed by atoms with E-state index in [1.165, 1.54) is 0 Å². The third-order valence-electron chi connectivity index (χ3n) is 6.04. The lowest BCUT2D eigenvalue weighted by molar-refractivity contribution is 0.0524. The number of benzene rings is 3. The molecular formula is C33H42ClN7O3. The van der Waals surface area contributed by atoms with Gasteiger partial charge in [-0.3, -0.25) is 4.99 Å². The zero-order chi connectivity index (χ0) is 31.6. The van der Waals surface area contributed by atoms with E-state index in [0.717, 1.165) is 34.7 Å². The second-order valence-electron chi connectivity index (χ2n) is 9.66. The number of anilines is 2. The molecule has 0 aromatic heterocycles. The van der Waals surface area contributed by atoms with Crippen LogP contribution in [0.25, 0.3) is 5.70 Å². The Bertz CT molecular complexity index is 1390. The minimum atomic E-state index is 0.170. The van der Waals surface area contributed by atoms with E-state index >= 15 is 0 Å². The number of guanidine groups is 1. The van der Waals surface area contributed by atoms with Gasteiger partial charge in [0.1, 0.15) is 17.4 Å². The second-order valence-corrected chi connectivity index (χ2v) is 10.1. The van der Waals surface area contributed by atoms with Crippen molar-refractivity contribution < 1.29 is 14.6 Å². The zero-order valence-electron chi connectivity index (χ0n) is 25.3. The Morgan fingerprint density at radius 3 is 2.27 bits per heavy atom. The standard InChI is InChI=1S/C33H42ClN7O3/c1-24(37-23-27-6-5-7-29(34)22-27)28-8-10-30(11-9-28)38-26(3)40-33(41-31-12-14-32(42)15-13-31)39-25(2)36-17-19-44-21-20-43-18-16-35-4/h5-15,22,35,37-38,42H,1,3,16-21,23H2,2,4H3,(H2,36,39,40,41). The summed E-state index contributed by atoms with van der Waals surface area (Å²) in [5.41, 5.74) is 4.40. The number of aromatic hydroxyl groups is 1. The Morgan fingerprint density at radius 1 is 0.886 bits per heavy atom. The van der Waals surface area contributed by atoms with Crippen LogP contribution in [0.4, 0.5) is 11.4 Å². The van der Waals surface area contributed by atoms with Gasteiger partial charge in [0.2, 0.25) is 5.96 Å². The number of hydrogen-bond acceptors (Lipinski definition) is 7. The molecule has 0 heterocycles. The molecule has 0 unspecified atom stereocenters. The molecule has 0 amide bonds. The van der Waals surface area contributed by atoms with Gasteiger partial charge in [-0.2, -0.15) is 0 Å². The summed E-state index contributed by atoms with van der Waals surface area (Å²) in [7, 11) is 1.89. The molecule has 0 aliphatic carbocycles. The lowest BCUT2D eigenvalue weighted by Crippen LogP contribution is -2.33. The van der Waals surface area contributed by atoms with Crippen LogP contribution in [0.1, 0.15) is 18.1 Å². The van der Waals surface area contributed by atoms with Gasteiger partial charge in [-0.25, -0.2) is 4.99 Å². The van der Waals surface area contributed by atoms with Gasteiger partial charge in [0.15, 0.2) is 0 Å². The Labute approximate surface area is 265 Å². The van der Waals surface area contributed by atoms with E-state index in [-0.39, 0.29) is 5.75 Å². The van der Waals surface area contributed by atoms with Crippen molar-refractivity contribution in [3.05, 3.63) is 108 Å². The SMILES string of the molecule is C=C(NC(=NC(C)=NCCOCCOCCNC)Nc1ccc(O)cc1)Nc1ccc(C(=C)NCc2cccc(Cl)c2)cc1. The van der Waals surface area contributed by atoms with Crippen molar-refractivity contribution >= 4 is 40.5 Å². The van der Waals surface area contributed by atoms with Crippen molar-refractivity contribution in [2.45, 2.75) is 13.5 Å². The molecule has 234 valence electrons. The van der Waals surface area contributed by atoms with Crippen molar-refractivity contribution in [2.24, 2.45) is 9.98 Å². The fourth-order valence-electron chi connectivity index (χ4n) is 3.79. The van der Waals surface area contributed by atoms with Crippen LogP contribution >= 0.6 is 11.6 Å². The molecule has 10 nitrogen and oxygen atoms in total. The fourth-order valence-corrected chi connectivity index (χ4v) is 4.01. The lowest BCUT2D eigenvalue weighted by Gasteiger charge is -2.16.